The average Bonchev–Trinajstić information content (AvgIpc) is 2.29. The number of aliphatic hydroxyl groups excluding tert-OH is 1. The van der Waals surface area contributed by atoms with Gasteiger partial charge in [-0.05, 0) is 63.4 Å². The Morgan fingerprint density at radius 1 is 1.25 bits per heavy atom. The quantitative estimate of drug-likeness (QED) is 0.613. The van der Waals surface area contributed by atoms with Crippen LogP contribution in [0, 0.1) is 6.92 Å². The number of aliphatic carboxylic acids is 1. The maximum atomic E-state index is 11.8. The molecule has 4 N–H and O–H groups in total. The maximum absolute atomic E-state index is 11.8. The third-order valence-electron chi connectivity index (χ3n) is 2.46. The molecule has 0 bridgehead atoms. The predicted molar refractivity (Wildman–Crippen MR) is 81.8 cm³/mol. The summed E-state index contributed by atoms with van der Waals surface area (Å²) in [6, 6.07) is 1.52. The fourth-order valence-corrected chi connectivity index (χ4v) is 3.11. The molecule has 0 heterocycles. The summed E-state index contributed by atoms with van der Waals surface area (Å²) in [6.07, 6.45) is -1.21. The molecule has 20 heavy (non-hydrogen) atoms. The summed E-state index contributed by atoms with van der Waals surface area (Å²) < 4.78 is 1.31. The van der Waals surface area contributed by atoms with Crippen molar-refractivity contribution in [2.45, 2.75) is 26.0 Å². The van der Waals surface area contributed by atoms with Gasteiger partial charge < -0.3 is 20.8 Å². The Morgan fingerprint density at radius 3 is 2.15 bits per heavy atom. The van der Waals surface area contributed by atoms with E-state index in [1.54, 1.807) is 0 Å². The van der Waals surface area contributed by atoms with Gasteiger partial charge in [0.2, 0.25) is 0 Å². The second kappa shape index (κ2) is 7.05. The van der Waals surface area contributed by atoms with E-state index in [9.17, 15) is 14.7 Å². The molecule has 6 nitrogen and oxygen atoms in total. The van der Waals surface area contributed by atoms with E-state index in [0.29, 0.717) is 14.6 Å². The van der Waals surface area contributed by atoms with Gasteiger partial charge in [-0.3, -0.25) is 0 Å². The summed E-state index contributed by atoms with van der Waals surface area (Å²) in [5.41, 5.74) is 1.46. The summed E-state index contributed by atoms with van der Waals surface area (Å²) in [7, 11) is 0. The smallest absolute Gasteiger partial charge is 0.328 e. The number of aliphatic hydroxyl groups is 1. The van der Waals surface area contributed by atoms with E-state index in [4.69, 9.17) is 5.11 Å². The van der Waals surface area contributed by atoms with Crippen molar-refractivity contribution in [3.63, 3.8) is 0 Å². The first-order chi connectivity index (χ1) is 9.22. The number of urea groups is 1. The van der Waals surface area contributed by atoms with Crippen molar-refractivity contribution in [1.29, 1.82) is 0 Å². The van der Waals surface area contributed by atoms with E-state index in [-0.39, 0.29) is 0 Å². The molecule has 0 aliphatic carbocycles. The van der Waals surface area contributed by atoms with Crippen LogP contribution in [-0.2, 0) is 4.79 Å². The molecule has 2 amide bonds. The van der Waals surface area contributed by atoms with E-state index in [0.717, 1.165) is 5.56 Å². The normalized spacial score (nSPS) is 13.4. The van der Waals surface area contributed by atoms with E-state index in [1.807, 2.05) is 19.1 Å². The number of aryl methyl sites for hydroxylation is 1. The lowest BCUT2D eigenvalue weighted by Gasteiger charge is -2.18. The lowest BCUT2D eigenvalue weighted by Crippen LogP contribution is -2.49. The van der Waals surface area contributed by atoms with Gasteiger partial charge in [-0.15, -0.1) is 0 Å². The van der Waals surface area contributed by atoms with Crippen LogP contribution in [0.1, 0.15) is 12.5 Å². The molecule has 0 unspecified atom stereocenters. The van der Waals surface area contributed by atoms with Crippen LogP contribution >= 0.6 is 31.9 Å². The van der Waals surface area contributed by atoms with E-state index >= 15 is 0 Å². The standard InChI is InChI=1S/C12H14Br2N2O4/c1-5-3-7(13)10(8(14)4-5)16-12(20)15-9(6(2)17)11(18)19/h3-4,6,9,17H,1-2H3,(H,18,19)(H2,15,16,20)/t6-,9+/m1/s1. The number of anilines is 1. The molecule has 0 aromatic heterocycles. The molecule has 8 heteroatoms. The molecule has 0 aliphatic heterocycles. The first-order valence-corrected chi connectivity index (χ1v) is 7.25. The molecule has 2 atom stereocenters. The molecule has 0 saturated heterocycles. The first kappa shape index (κ1) is 16.9. The molecule has 1 aromatic rings. The Morgan fingerprint density at radius 2 is 1.75 bits per heavy atom. The zero-order chi connectivity index (χ0) is 15.4. The molecule has 0 aliphatic rings. The molecule has 0 saturated carbocycles. The highest BCUT2D eigenvalue weighted by Crippen LogP contribution is 2.32. The second-order valence-corrected chi connectivity index (χ2v) is 5.97. The topological polar surface area (TPSA) is 98.7 Å². The largest absolute Gasteiger partial charge is 0.480 e. The number of hydrogen-bond donors (Lipinski definition) is 4. The minimum absolute atomic E-state index is 0.475. The van der Waals surface area contributed by atoms with Gasteiger partial charge in [0.25, 0.3) is 0 Å². The number of benzene rings is 1. The van der Waals surface area contributed by atoms with Crippen molar-refractivity contribution in [2.24, 2.45) is 0 Å². The van der Waals surface area contributed by atoms with Crippen LogP contribution in [0.2, 0.25) is 0 Å². The Balaban J connectivity index is 2.84. The summed E-state index contributed by atoms with van der Waals surface area (Å²) in [4.78, 5) is 22.7. The average molecular weight is 410 g/mol. The van der Waals surface area contributed by atoms with Gasteiger partial charge in [-0.25, -0.2) is 9.59 Å². The highest BCUT2D eigenvalue weighted by molar-refractivity contribution is 9.11. The van der Waals surface area contributed by atoms with Crippen LogP contribution in [0.15, 0.2) is 21.1 Å². The Bertz CT molecular complexity index is 511. The van der Waals surface area contributed by atoms with E-state index in [2.05, 4.69) is 42.5 Å². The van der Waals surface area contributed by atoms with Gasteiger partial charge in [0.1, 0.15) is 0 Å². The molecule has 110 valence electrons. The lowest BCUT2D eigenvalue weighted by atomic mass is 10.2. The van der Waals surface area contributed by atoms with Crippen molar-refractivity contribution in [2.75, 3.05) is 5.32 Å². The van der Waals surface area contributed by atoms with Gasteiger partial charge in [0.05, 0.1) is 11.8 Å². The third-order valence-corrected chi connectivity index (χ3v) is 3.71. The van der Waals surface area contributed by atoms with Crippen LogP contribution in [0.5, 0.6) is 0 Å². The highest BCUT2D eigenvalue weighted by atomic mass is 79.9. The first-order valence-electron chi connectivity index (χ1n) is 5.66. The monoisotopic (exact) mass is 408 g/mol. The fraction of sp³-hybridized carbons (Fsp3) is 0.333. The molecule has 1 rings (SSSR count). The molecular weight excluding hydrogens is 396 g/mol. The number of hydrogen-bond acceptors (Lipinski definition) is 3. The molecule has 0 radical (unpaired) electrons. The fourth-order valence-electron chi connectivity index (χ4n) is 1.50. The van der Waals surface area contributed by atoms with Gasteiger partial charge >= 0.3 is 12.0 Å². The van der Waals surface area contributed by atoms with Crippen LogP contribution < -0.4 is 10.6 Å². The Hall–Kier alpha value is -1.12. The van der Waals surface area contributed by atoms with Crippen LogP contribution in [-0.4, -0.2) is 34.4 Å². The van der Waals surface area contributed by atoms with Crippen LogP contribution in [0.4, 0.5) is 10.5 Å². The molecule has 1 aromatic carbocycles. The summed E-state index contributed by atoms with van der Waals surface area (Å²) in [5, 5.41) is 22.9. The molecular formula is C12H14Br2N2O4. The number of halogens is 2. The maximum Gasteiger partial charge on any atom is 0.328 e. The predicted octanol–water partition coefficient (Wildman–Crippen LogP) is 2.48. The number of amides is 2. The second-order valence-electron chi connectivity index (χ2n) is 4.26. The van der Waals surface area contributed by atoms with E-state index in [1.165, 1.54) is 6.92 Å². The minimum Gasteiger partial charge on any atom is -0.480 e. The number of carbonyl (C=O) groups is 2. The van der Waals surface area contributed by atoms with E-state index < -0.39 is 24.1 Å². The van der Waals surface area contributed by atoms with Crippen molar-refractivity contribution < 1.29 is 19.8 Å². The number of carboxylic acids is 1. The number of carboxylic acid groups (broad SMARTS) is 1. The number of nitrogens with one attached hydrogen (secondary N) is 2. The highest BCUT2D eigenvalue weighted by Gasteiger charge is 2.25. The van der Waals surface area contributed by atoms with Crippen molar-refractivity contribution >= 4 is 49.5 Å². The van der Waals surface area contributed by atoms with Crippen molar-refractivity contribution in [3.05, 3.63) is 26.6 Å². The zero-order valence-corrected chi connectivity index (χ0v) is 13.9. The Kier molecular flexibility index (Phi) is 5.97. The van der Waals surface area contributed by atoms with Gasteiger partial charge in [0, 0.05) is 8.95 Å². The van der Waals surface area contributed by atoms with Gasteiger partial charge in [-0.1, -0.05) is 0 Å². The van der Waals surface area contributed by atoms with Gasteiger partial charge in [-0.2, -0.15) is 0 Å². The summed E-state index contributed by atoms with van der Waals surface area (Å²) >= 11 is 6.62. The van der Waals surface area contributed by atoms with Crippen LogP contribution in [0.3, 0.4) is 0 Å². The van der Waals surface area contributed by atoms with Gasteiger partial charge in [0.15, 0.2) is 6.04 Å². The zero-order valence-electron chi connectivity index (χ0n) is 10.8. The van der Waals surface area contributed by atoms with Crippen molar-refractivity contribution in [1.82, 2.24) is 5.32 Å². The van der Waals surface area contributed by atoms with Crippen molar-refractivity contribution in [3.8, 4) is 0 Å². The minimum atomic E-state index is -1.38. The molecule has 0 spiro atoms. The number of carbonyl (C=O) groups excluding carboxylic acids is 1. The Labute approximate surface area is 132 Å². The third kappa shape index (κ3) is 4.46. The summed E-state index contributed by atoms with van der Waals surface area (Å²) in [5.74, 6) is -1.31. The number of rotatable bonds is 4. The summed E-state index contributed by atoms with van der Waals surface area (Å²) in [6.45, 7) is 3.18. The lowest BCUT2D eigenvalue weighted by molar-refractivity contribution is -0.141. The molecule has 0 fully saturated rings. The SMILES string of the molecule is Cc1cc(Br)c(NC(=O)N[C@H](C(=O)O)[C@@H](C)O)c(Br)c1. The van der Waals surface area contributed by atoms with Crippen LogP contribution in [0.25, 0.3) is 0 Å².